The highest BCUT2D eigenvalue weighted by atomic mass is 16.5. The molecule has 0 saturated heterocycles. The lowest BCUT2D eigenvalue weighted by Crippen LogP contribution is -2.48. The Balaban J connectivity index is 2.15. The van der Waals surface area contributed by atoms with Crippen LogP contribution in [0.1, 0.15) is 29.2 Å². The third-order valence-electron chi connectivity index (χ3n) is 4.41. The van der Waals surface area contributed by atoms with Crippen LogP contribution in [0.15, 0.2) is 42.5 Å². The second kappa shape index (κ2) is 9.21. The summed E-state index contributed by atoms with van der Waals surface area (Å²) in [5, 5.41) is 2.61. The molecule has 144 valence electrons. The molecule has 5 heteroatoms. The fourth-order valence-corrected chi connectivity index (χ4v) is 3.04. The van der Waals surface area contributed by atoms with E-state index in [-0.39, 0.29) is 18.4 Å². The molecule has 0 unspecified atom stereocenters. The van der Waals surface area contributed by atoms with Crippen LogP contribution in [0.3, 0.4) is 0 Å². The molecule has 0 aliphatic heterocycles. The van der Waals surface area contributed by atoms with Crippen molar-refractivity contribution >= 4 is 11.8 Å². The maximum atomic E-state index is 12.9. The number of carbonyl (C=O) groups excluding carboxylic acids is 2. The average Bonchev–Trinajstić information content (AvgIpc) is 2.62. The van der Waals surface area contributed by atoms with Crippen molar-refractivity contribution in [2.75, 3.05) is 13.7 Å². The van der Waals surface area contributed by atoms with Gasteiger partial charge in [0.1, 0.15) is 11.8 Å². The van der Waals surface area contributed by atoms with E-state index >= 15 is 0 Å². The van der Waals surface area contributed by atoms with Gasteiger partial charge in [0, 0.05) is 13.6 Å². The molecule has 2 rings (SSSR count). The Hall–Kier alpha value is -2.82. The van der Waals surface area contributed by atoms with Crippen molar-refractivity contribution in [2.45, 2.75) is 40.3 Å². The van der Waals surface area contributed by atoms with Crippen LogP contribution >= 0.6 is 0 Å². The fraction of sp³-hybridized carbons (Fsp3) is 0.364. The number of amides is 2. The van der Waals surface area contributed by atoms with Crippen LogP contribution in [0.25, 0.3) is 0 Å². The highest BCUT2D eigenvalue weighted by Crippen LogP contribution is 2.17. The lowest BCUT2D eigenvalue weighted by Gasteiger charge is -2.28. The molecular formula is C22H28N2O3. The molecule has 1 atom stereocenters. The predicted octanol–water partition coefficient (Wildman–Crippen LogP) is 3.15. The van der Waals surface area contributed by atoms with Gasteiger partial charge in [-0.3, -0.25) is 9.59 Å². The molecule has 0 heterocycles. The molecular weight excluding hydrogens is 340 g/mol. The molecule has 27 heavy (non-hydrogen) atoms. The van der Waals surface area contributed by atoms with E-state index in [0.717, 1.165) is 22.3 Å². The number of aryl methyl sites for hydroxylation is 3. The number of nitrogens with zero attached hydrogens (tertiary/aromatic N) is 1. The summed E-state index contributed by atoms with van der Waals surface area (Å²) in [4.78, 5) is 26.5. The first-order chi connectivity index (χ1) is 12.8. The van der Waals surface area contributed by atoms with Gasteiger partial charge in [-0.05, 0) is 56.5 Å². The second-order valence-electron chi connectivity index (χ2n) is 6.91. The second-order valence-corrected chi connectivity index (χ2v) is 6.91. The average molecular weight is 368 g/mol. The Labute approximate surface area is 161 Å². The molecule has 2 aromatic carbocycles. The zero-order chi connectivity index (χ0) is 20.0. The number of rotatable bonds is 7. The van der Waals surface area contributed by atoms with Crippen molar-refractivity contribution in [3.8, 4) is 5.75 Å². The van der Waals surface area contributed by atoms with Crippen molar-refractivity contribution in [1.29, 1.82) is 0 Å². The first-order valence-corrected chi connectivity index (χ1v) is 9.08. The van der Waals surface area contributed by atoms with E-state index in [1.165, 1.54) is 0 Å². The lowest BCUT2D eigenvalue weighted by molar-refractivity contribution is -0.142. The van der Waals surface area contributed by atoms with Crippen molar-refractivity contribution < 1.29 is 14.3 Å². The number of hydrogen-bond donors (Lipinski definition) is 1. The normalized spacial score (nSPS) is 11.6. The monoisotopic (exact) mass is 368 g/mol. The summed E-state index contributed by atoms with van der Waals surface area (Å²) < 4.78 is 5.71. The van der Waals surface area contributed by atoms with Crippen LogP contribution in [-0.2, 0) is 16.1 Å². The molecule has 0 bridgehead atoms. The quantitative estimate of drug-likeness (QED) is 0.817. The van der Waals surface area contributed by atoms with Crippen LogP contribution in [-0.4, -0.2) is 36.4 Å². The summed E-state index contributed by atoms with van der Waals surface area (Å²) in [5.74, 6) is 0.220. The van der Waals surface area contributed by atoms with Crippen LogP contribution in [0.2, 0.25) is 0 Å². The Bertz CT molecular complexity index is 797. The zero-order valence-corrected chi connectivity index (χ0v) is 16.7. The van der Waals surface area contributed by atoms with Gasteiger partial charge in [-0.1, -0.05) is 35.9 Å². The predicted molar refractivity (Wildman–Crippen MR) is 107 cm³/mol. The Morgan fingerprint density at radius 2 is 1.70 bits per heavy atom. The molecule has 0 fully saturated rings. The van der Waals surface area contributed by atoms with Gasteiger partial charge in [0.05, 0.1) is 0 Å². The van der Waals surface area contributed by atoms with Crippen molar-refractivity contribution in [3.05, 3.63) is 64.7 Å². The van der Waals surface area contributed by atoms with Gasteiger partial charge in [-0.15, -0.1) is 0 Å². The summed E-state index contributed by atoms with van der Waals surface area (Å²) >= 11 is 0. The number of benzene rings is 2. The smallest absolute Gasteiger partial charge is 0.261 e. The number of likely N-dealkylation sites (N-methyl/N-ethyl adjacent to an activating group) is 1. The Morgan fingerprint density at radius 3 is 2.30 bits per heavy atom. The molecule has 0 aliphatic carbocycles. The molecule has 2 aromatic rings. The first kappa shape index (κ1) is 20.5. The standard InChI is InChI=1S/C22H28N2O3/c1-15-7-6-8-19(10-15)13-24(18(4)22(26)23-5)21(25)14-27-20-11-16(2)9-17(3)12-20/h6-12,18H,13-14H2,1-5H3,(H,23,26)/t18-/m0/s1. The van der Waals surface area contributed by atoms with E-state index in [0.29, 0.717) is 12.3 Å². The fourth-order valence-electron chi connectivity index (χ4n) is 3.04. The Morgan fingerprint density at radius 1 is 1.04 bits per heavy atom. The van der Waals surface area contributed by atoms with Crippen molar-refractivity contribution in [2.24, 2.45) is 0 Å². The maximum absolute atomic E-state index is 12.9. The Kier molecular flexibility index (Phi) is 6.99. The summed E-state index contributed by atoms with van der Waals surface area (Å²) in [7, 11) is 1.57. The molecule has 0 saturated carbocycles. The molecule has 0 spiro atoms. The highest BCUT2D eigenvalue weighted by Gasteiger charge is 2.25. The van der Waals surface area contributed by atoms with Crippen LogP contribution in [0, 0.1) is 20.8 Å². The van der Waals surface area contributed by atoms with E-state index in [9.17, 15) is 9.59 Å². The lowest BCUT2D eigenvalue weighted by atomic mass is 10.1. The largest absolute Gasteiger partial charge is 0.484 e. The van der Waals surface area contributed by atoms with E-state index < -0.39 is 6.04 Å². The molecule has 5 nitrogen and oxygen atoms in total. The molecule has 0 radical (unpaired) electrons. The molecule has 1 N–H and O–H groups in total. The summed E-state index contributed by atoms with van der Waals surface area (Å²) in [6, 6.07) is 13.2. The van der Waals surface area contributed by atoms with E-state index in [2.05, 4.69) is 5.32 Å². The minimum absolute atomic E-state index is 0.115. The third kappa shape index (κ3) is 5.84. The van der Waals surface area contributed by atoms with Gasteiger partial charge < -0.3 is 15.0 Å². The van der Waals surface area contributed by atoms with Crippen molar-refractivity contribution in [3.63, 3.8) is 0 Å². The summed E-state index contributed by atoms with van der Waals surface area (Å²) in [6.07, 6.45) is 0. The van der Waals surface area contributed by atoms with Crippen LogP contribution in [0.4, 0.5) is 0 Å². The first-order valence-electron chi connectivity index (χ1n) is 9.08. The number of nitrogens with one attached hydrogen (secondary N) is 1. The van der Waals surface area contributed by atoms with Gasteiger partial charge >= 0.3 is 0 Å². The van der Waals surface area contributed by atoms with E-state index in [1.54, 1.807) is 18.9 Å². The van der Waals surface area contributed by atoms with Crippen LogP contribution < -0.4 is 10.1 Å². The van der Waals surface area contributed by atoms with Gasteiger partial charge in [-0.25, -0.2) is 0 Å². The summed E-state index contributed by atoms with van der Waals surface area (Å²) in [6.45, 7) is 7.93. The molecule has 0 aromatic heterocycles. The maximum Gasteiger partial charge on any atom is 0.261 e. The van der Waals surface area contributed by atoms with Gasteiger partial charge in [0.2, 0.25) is 5.91 Å². The van der Waals surface area contributed by atoms with E-state index in [4.69, 9.17) is 4.74 Å². The minimum atomic E-state index is -0.592. The number of carbonyl (C=O) groups is 2. The van der Waals surface area contributed by atoms with Gasteiger partial charge in [-0.2, -0.15) is 0 Å². The number of hydrogen-bond acceptors (Lipinski definition) is 3. The molecule has 0 aliphatic rings. The van der Waals surface area contributed by atoms with Crippen molar-refractivity contribution in [1.82, 2.24) is 10.2 Å². The SMILES string of the molecule is CNC(=O)[C@H](C)N(Cc1cccc(C)c1)C(=O)COc1cc(C)cc(C)c1. The van der Waals surface area contributed by atoms with Gasteiger partial charge in [0.15, 0.2) is 6.61 Å². The van der Waals surface area contributed by atoms with Gasteiger partial charge in [0.25, 0.3) is 5.91 Å². The van der Waals surface area contributed by atoms with Crippen LogP contribution in [0.5, 0.6) is 5.75 Å². The third-order valence-corrected chi connectivity index (χ3v) is 4.41. The summed E-state index contributed by atoms with van der Waals surface area (Å²) in [5.41, 5.74) is 4.24. The zero-order valence-electron chi connectivity index (χ0n) is 16.7. The molecule has 2 amide bonds. The minimum Gasteiger partial charge on any atom is -0.484 e. The highest BCUT2D eigenvalue weighted by molar-refractivity contribution is 5.87. The number of ether oxygens (including phenoxy) is 1. The topological polar surface area (TPSA) is 58.6 Å². The van der Waals surface area contributed by atoms with E-state index in [1.807, 2.05) is 63.2 Å².